The summed E-state index contributed by atoms with van der Waals surface area (Å²) >= 11 is 6.02. The van der Waals surface area contributed by atoms with Gasteiger partial charge in [-0.2, -0.15) is 0 Å². The quantitative estimate of drug-likeness (QED) is 0.783. The average Bonchev–Trinajstić information content (AvgIpc) is 2.48. The summed E-state index contributed by atoms with van der Waals surface area (Å²) in [5, 5.41) is 3.57. The summed E-state index contributed by atoms with van der Waals surface area (Å²) in [6.07, 6.45) is 0. The fourth-order valence-corrected chi connectivity index (χ4v) is 2.51. The van der Waals surface area contributed by atoms with Crippen LogP contribution in [-0.2, 0) is 4.79 Å². The minimum absolute atomic E-state index is 0. The number of nitrogens with zero attached hydrogens (tertiary/aromatic N) is 2. The van der Waals surface area contributed by atoms with E-state index in [2.05, 4.69) is 21.2 Å². The number of nitrogens with two attached hydrogens (primary N) is 1. The molecule has 9 heteroatoms. The number of hydrogen-bond donors (Lipinski definition) is 2. The number of halogens is 4. The summed E-state index contributed by atoms with van der Waals surface area (Å²) < 4.78 is 0. The highest BCUT2D eigenvalue weighted by atomic mass is 35.5. The van der Waals surface area contributed by atoms with Crippen LogP contribution in [0.3, 0.4) is 0 Å². The van der Waals surface area contributed by atoms with Crippen molar-refractivity contribution in [2.45, 2.75) is 0 Å². The van der Waals surface area contributed by atoms with Crippen molar-refractivity contribution in [2.75, 3.05) is 50.7 Å². The standard InChI is InChI=1S/C14H21ClN4O.3ClH/c15-12-2-1-3-13(10-12)19-8-6-18(7-9-19)5-4-17-14(20)11-16;;;/h1-3,10H,4-9,11,16H2,(H,17,20);3*1H. The van der Waals surface area contributed by atoms with Gasteiger partial charge in [0.25, 0.3) is 0 Å². The lowest BCUT2D eigenvalue weighted by Gasteiger charge is -2.36. The highest BCUT2D eigenvalue weighted by Crippen LogP contribution is 2.20. The molecule has 0 unspecified atom stereocenters. The Bertz CT molecular complexity index is 456. The predicted molar refractivity (Wildman–Crippen MR) is 104 cm³/mol. The lowest BCUT2D eigenvalue weighted by atomic mass is 10.2. The molecule has 1 amide bonds. The molecule has 23 heavy (non-hydrogen) atoms. The first-order valence-electron chi connectivity index (χ1n) is 6.88. The molecule has 0 bridgehead atoms. The van der Waals surface area contributed by atoms with Gasteiger partial charge in [-0.1, -0.05) is 17.7 Å². The van der Waals surface area contributed by atoms with Gasteiger partial charge in [-0.05, 0) is 18.2 Å². The van der Waals surface area contributed by atoms with Gasteiger partial charge in [-0.25, -0.2) is 0 Å². The summed E-state index contributed by atoms with van der Waals surface area (Å²) in [5.74, 6) is -0.0948. The van der Waals surface area contributed by atoms with Gasteiger partial charge < -0.3 is 16.0 Å². The summed E-state index contributed by atoms with van der Waals surface area (Å²) in [6, 6.07) is 7.95. The number of hydrogen-bond acceptors (Lipinski definition) is 4. The van der Waals surface area contributed by atoms with Crippen molar-refractivity contribution in [3.05, 3.63) is 29.3 Å². The maximum absolute atomic E-state index is 11.0. The van der Waals surface area contributed by atoms with Crippen LogP contribution in [0.25, 0.3) is 0 Å². The normalized spacial score (nSPS) is 14.1. The van der Waals surface area contributed by atoms with Crippen LogP contribution in [0.15, 0.2) is 24.3 Å². The molecule has 0 aliphatic carbocycles. The SMILES string of the molecule is Cl.Cl.Cl.NCC(=O)NCCN1CCN(c2cccc(Cl)c2)CC1. The van der Waals surface area contributed by atoms with E-state index in [-0.39, 0.29) is 49.7 Å². The smallest absolute Gasteiger partial charge is 0.233 e. The van der Waals surface area contributed by atoms with Crippen molar-refractivity contribution in [1.82, 2.24) is 10.2 Å². The van der Waals surface area contributed by atoms with E-state index >= 15 is 0 Å². The van der Waals surface area contributed by atoms with E-state index in [0.717, 1.165) is 37.7 Å². The van der Waals surface area contributed by atoms with E-state index in [1.807, 2.05) is 18.2 Å². The topological polar surface area (TPSA) is 61.6 Å². The average molecular weight is 406 g/mol. The summed E-state index contributed by atoms with van der Waals surface area (Å²) in [6.45, 7) is 5.53. The van der Waals surface area contributed by atoms with Crippen molar-refractivity contribution in [1.29, 1.82) is 0 Å². The first-order chi connectivity index (χ1) is 9.69. The minimum atomic E-state index is -0.0948. The van der Waals surface area contributed by atoms with Gasteiger partial charge >= 0.3 is 0 Å². The third kappa shape index (κ3) is 8.29. The molecule has 0 spiro atoms. The van der Waals surface area contributed by atoms with Gasteiger partial charge in [0, 0.05) is 50.0 Å². The molecule has 134 valence electrons. The molecule has 1 aromatic rings. The van der Waals surface area contributed by atoms with Crippen LogP contribution in [0.2, 0.25) is 5.02 Å². The van der Waals surface area contributed by atoms with Crippen LogP contribution >= 0.6 is 48.8 Å². The Balaban J connectivity index is 0. The number of rotatable bonds is 5. The molecule has 3 N–H and O–H groups in total. The van der Waals surface area contributed by atoms with Crippen molar-refractivity contribution in [3.8, 4) is 0 Å². The van der Waals surface area contributed by atoms with Gasteiger partial charge in [0.15, 0.2) is 0 Å². The van der Waals surface area contributed by atoms with Gasteiger partial charge in [-0.15, -0.1) is 37.2 Å². The molecular weight excluding hydrogens is 382 g/mol. The van der Waals surface area contributed by atoms with Crippen LogP contribution in [0, 0.1) is 0 Å². The van der Waals surface area contributed by atoms with E-state index in [0.29, 0.717) is 6.54 Å². The van der Waals surface area contributed by atoms with E-state index in [4.69, 9.17) is 17.3 Å². The van der Waals surface area contributed by atoms with Crippen molar-refractivity contribution < 1.29 is 4.79 Å². The molecule has 1 saturated heterocycles. The third-order valence-corrected chi connectivity index (χ3v) is 3.72. The molecule has 1 aliphatic rings. The van der Waals surface area contributed by atoms with Crippen LogP contribution in [-0.4, -0.2) is 56.6 Å². The fraction of sp³-hybridized carbons (Fsp3) is 0.500. The maximum Gasteiger partial charge on any atom is 0.233 e. The summed E-state index contributed by atoms with van der Waals surface area (Å²) in [5.41, 5.74) is 6.42. The molecule has 0 radical (unpaired) electrons. The monoisotopic (exact) mass is 404 g/mol. The molecule has 0 atom stereocenters. The number of amides is 1. The molecular formula is C14H24Cl4N4O. The molecule has 0 aromatic heterocycles. The van der Waals surface area contributed by atoms with E-state index < -0.39 is 0 Å². The Morgan fingerprint density at radius 1 is 1.17 bits per heavy atom. The first kappa shape index (κ1) is 24.8. The zero-order valence-electron chi connectivity index (χ0n) is 12.7. The van der Waals surface area contributed by atoms with Crippen molar-refractivity contribution in [3.63, 3.8) is 0 Å². The zero-order valence-corrected chi connectivity index (χ0v) is 15.9. The van der Waals surface area contributed by atoms with Crippen molar-refractivity contribution >= 4 is 60.4 Å². The Morgan fingerprint density at radius 2 is 1.83 bits per heavy atom. The van der Waals surface area contributed by atoms with Crippen LogP contribution in [0.1, 0.15) is 0 Å². The molecule has 2 rings (SSSR count). The Labute approximate surface area is 161 Å². The van der Waals surface area contributed by atoms with E-state index in [1.165, 1.54) is 5.69 Å². The molecule has 1 fully saturated rings. The number of piperazine rings is 1. The van der Waals surface area contributed by atoms with Gasteiger partial charge in [0.05, 0.1) is 6.54 Å². The van der Waals surface area contributed by atoms with E-state index in [9.17, 15) is 4.79 Å². The molecule has 0 saturated carbocycles. The molecule has 1 heterocycles. The highest BCUT2D eigenvalue weighted by Gasteiger charge is 2.16. The highest BCUT2D eigenvalue weighted by molar-refractivity contribution is 6.30. The van der Waals surface area contributed by atoms with E-state index in [1.54, 1.807) is 0 Å². The molecule has 1 aliphatic heterocycles. The van der Waals surface area contributed by atoms with Gasteiger partial charge in [-0.3, -0.25) is 9.69 Å². The van der Waals surface area contributed by atoms with Crippen LogP contribution < -0.4 is 16.0 Å². The first-order valence-corrected chi connectivity index (χ1v) is 7.26. The van der Waals surface area contributed by atoms with Crippen LogP contribution in [0.5, 0.6) is 0 Å². The minimum Gasteiger partial charge on any atom is -0.369 e. The maximum atomic E-state index is 11.0. The third-order valence-electron chi connectivity index (χ3n) is 3.48. The number of anilines is 1. The van der Waals surface area contributed by atoms with Gasteiger partial charge in [0.1, 0.15) is 0 Å². The molecule has 1 aromatic carbocycles. The molecule has 5 nitrogen and oxygen atoms in total. The predicted octanol–water partition coefficient (Wildman–Crippen LogP) is 1.80. The second kappa shape index (κ2) is 12.9. The lowest BCUT2D eigenvalue weighted by Crippen LogP contribution is -2.48. The number of carbonyl (C=O) groups excluding carboxylic acids is 1. The fourth-order valence-electron chi connectivity index (χ4n) is 2.33. The largest absolute Gasteiger partial charge is 0.369 e. The van der Waals surface area contributed by atoms with Crippen molar-refractivity contribution in [2.24, 2.45) is 5.73 Å². The Kier molecular flexibility index (Phi) is 13.9. The number of carbonyl (C=O) groups is 1. The van der Waals surface area contributed by atoms with Crippen LogP contribution in [0.4, 0.5) is 5.69 Å². The number of benzene rings is 1. The second-order valence-electron chi connectivity index (χ2n) is 4.86. The Morgan fingerprint density at radius 3 is 2.39 bits per heavy atom. The number of nitrogens with one attached hydrogen (secondary N) is 1. The zero-order chi connectivity index (χ0) is 14.4. The van der Waals surface area contributed by atoms with Gasteiger partial charge in [0.2, 0.25) is 5.91 Å². The second-order valence-corrected chi connectivity index (χ2v) is 5.30. The Hall–Kier alpha value is -0.430. The summed E-state index contributed by atoms with van der Waals surface area (Å²) in [7, 11) is 0. The lowest BCUT2D eigenvalue weighted by molar-refractivity contribution is -0.119. The summed E-state index contributed by atoms with van der Waals surface area (Å²) in [4.78, 5) is 15.7.